The van der Waals surface area contributed by atoms with Crippen molar-refractivity contribution in [1.29, 1.82) is 0 Å². The standard InChI is InChI=1S/C12H15F3N2O/c1-17(8-12(13,14)15)11(18)7-4-9-2-5-10(16)6-3-9/h2-3,5-6H,4,7-8,16H2,1H3. The zero-order valence-corrected chi connectivity index (χ0v) is 10.00. The molecular formula is C12H15F3N2O. The van der Waals surface area contributed by atoms with Gasteiger partial charge in [-0.25, -0.2) is 0 Å². The quantitative estimate of drug-likeness (QED) is 0.844. The average molecular weight is 260 g/mol. The minimum Gasteiger partial charge on any atom is -0.399 e. The molecule has 0 aliphatic rings. The summed E-state index contributed by atoms with van der Waals surface area (Å²) in [6, 6.07) is 6.90. The lowest BCUT2D eigenvalue weighted by Gasteiger charge is -2.18. The molecule has 0 atom stereocenters. The first-order valence-corrected chi connectivity index (χ1v) is 5.43. The second-order valence-electron chi connectivity index (χ2n) is 4.11. The first-order valence-electron chi connectivity index (χ1n) is 5.43. The van der Waals surface area contributed by atoms with Crippen LogP contribution >= 0.6 is 0 Å². The molecule has 18 heavy (non-hydrogen) atoms. The molecule has 0 aromatic heterocycles. The van der Waals surface area contributed by atoms with Gasteiger partial charge >= 0.3 is 6.18 Å². The highest BCUT2D eigenvalue weighted by Gasteiger charge is 2.30. The lowest BCUT2D eigenvalue weighted by Crippen LogP contribution is -2.35. The number of nitrogens with two attached hydrogens (primary N) is 1. The number of halogens is 3. The molecule has 2 N–H and O–H groups in total. The van der Waals surface area contributed by atoms with Gasteiger partial charge in [0.15, 0.2) is 0 Å². The molecule has 0 saturated heterocycles. The van der Waals surface area contributed by atoms with E-state index in [1.165, 1.54) is 0 Å². The van der Waals surface area contributed by atoms with E-state index >= 15 is 0 Å². The molecule has 100 valence electrons. The minimum absolute atomic E-state index is 0.0521. The van der Waals surface area contributed by atoms with E-state index in [9.17, 15) is 18.0 Å². The number of rotatable bonds is 4. The van der Waals surface area contributed by atoms with Crippen LogP contribution in [0.15, 0.2) is 24.3 Å². The van der Waals surface area contributed by atoms with Gasteiger partial charge in [0.05, 0.1) is 0 Å². The molecule has 0 spiro atoms. The van der Waals surface area contributed by atoms with Crippen LogP contribution in [-0.4, -0.2) is 30.6 Å². The summed E-state index contributed by atoms with van der Waals surface area (Å²) in [6.07, 6.45) is -3.90. The maximum absolute atomic E-state index is 12.1. The number of amides is 1. The summed E-state index contributed by atoms with van der Waals surface area (Å²) in [5.74, 6) is -0.524. The van der Waals surface area contributed by atoms with Crippen molar-refractivity contribution >= 4 is 11.6 Å². The predicted molar refractivity (Wildman–Crippen MR) is 62.9 cm³/mol. The van der Waals surface area contributed by atoms with Gasteiger partial charge in [0.25, 0.3) is 0 Å². The molecule has 0 radical (unpaired) electrons. The number of benzene rings is 1. The number of carbonyl (C=O) groups excluding carboxylic acids is 1. The van der Waals surface area contributed by atoms with E-state index in [4.69, 9.17) is 5.73 Å². The Morgan fingerprint density at radius 2 is 1.83 bits per heavy atom. The van der Waals surface area contributed by atoms with Crippen molar-refractivity contribution in [2.24, 2.45) is 0 Å². The van der Waals surface area contributed by atoms with Crippen LogP contribution in [0.5, 0.6) is 0 Å². The van der Waals surface area contributed by atoms with Gasteiger partial charge in [-0.05, 0) is 24.1 Å². The number of carbonyl (C=O) groups is 1. The van der Waals surface area contributed by atoms with Gasteiger partial charge in [-0.2, -0.15) is 13.2 Å². The van der Waals surface area contributed by atoms with E-state index < -0.39 is 18.6 Å². The third kappa shape index (κ3) is 5.07. The molecule has 0 fully saturated rings. The second kappa shape index (κ2) is 5.75. The number of nitrogens with zero attached hydrogens (tertiary/aromatic N) is 1. The lowest BCUT2D eigenvalue weighted by atomic mass is 10.1. The monoisotopic (exact) mass is 260 g/mol. The highest BCUT2D eigenvalue weighted by molar-refractivity contribution is 5.76. The Bertz CT molecular complexity index is 401. The van der Waals surface area contributed by atoms with E-state index in [0.717, 1.165) is 12.6 Å². The van der Waals surface area contributed by atoms with Gasteiger partial charge in [-0.1, -0.05) is 12.1 Å². The lowest BCUT2D eigenvalue weighted by molar-refractivity contribution is -0.158. The average Bonchev–Trinajstić information content (AvgIpc) is 2.25. The van der Waals surface area contributed by atoms with Crippen molar-refractivity contribution in [3.8, 4) is 0 Å². The summed E-state index contributed by atoms with van der Waals surface area (Å²) < 4.78 is 36.2. The van der Waals surface area contributed by atoms with Crippen LogP contribution in [-0.2, 0) is 11.2 Å². The summed E-state index contributed by atoms with van der Waals surface area (Å²) in [5.41, 5.74) is 6.98. The van der Waals surface area contributed by atoms with Gasteiger partial charge in [0.2, 0.25) is 5.91 Å². The highest BCUT2D eigenvalue weighted by Crippen LogP contribution is 2.16. The highest BCUT2D eigenvalue weighted by atomic mass is 19.4. The third-order valence-corrected chi connectivity index (χ3v) is 2.45. The largest absolute Gasteiger partial charge is 0.406 e. The molecule has 0 heterocycles. The van der Waals surface area contributed by atoms with Gasteiger partial charge in [0.1, 0.15) is 6.54 Å². The Kier molecular flexibility index (Phi) is 4.58. The summed E-state index contributed by atoms with van der Waals surface area (Å²) >= 11 is 0. The van der Waals surface area contributed by atoms with Crippen molar-refractivity contribution < 1.29 is 18.0 Å². The van der Waals surface area contributed by atoms with Crippen molar-refractivity contribution in [1.82, 2.24) is 4.90 Å². The molecule has 0 bridgehead atoms. The zero-order valence-electron chi connectivity index (χ0n) is 10.00. The molecule has 6 heteroatoms. The summed E-state index contributed by atoms with van der Waals surface area (Å²) in [4.78, 5) is 12.2. The van der Waals surface area contributed by atoms with E-state index in [0.29, 0.717) is 17.0 Å². The Balaban J connectivity index is 2.43. The molecule has 0 unspecified atom stereocenters. The number of anilines is 1. The Morgan fingerprint density at radius 1 is 1.28 bits per heavy atom. The minimum atomic E-state index is -4.36. The van der Waals surface area contributed by atoms with Crippen LogP contribution in [0, 0.1) is 0 Å². The fraction of sp³-hybridized carbons (Fsp3) is 0.417. The van der Waals surface area contributed by atoms with Crippen LogP contribution in [0.2, 0.25) is 0 Å². The van der Waals surface area contributed by atoms with Crippen LogP contribution in [0.4, 0.5) is 18.9 Å². The van der Waals surface area contributed by atoms with Crippen LogP contribution in [0.1, 0.15) is 12.0 Å². The molecular weight excluding hydrogens is 245 g/mol. The summed E-state index contributed by atoms with van der Waals surface area (Å²) in [7, 11) is 1.15. The molecule has 0 aliphatic heterocycles. The normalized spacial score (nSPS) is 11.3. The number of aryl methyl sites for hydroxylation is 1. The molecule has 1 aromatic rings. The molecule has 1 amide bonds. The number of alkyl halides is 3. The molecule has 0 saturated carbocycles. The van der Waals surface area contributed by atoms with E-state index in [1.807, 2.05) is 0 Å². The molecule has 1 rings (SSSR count). The number of nitrogen functional groups attached to an aromatic ring is 1. The first-order chi connectivity index (χ1) is 8.28. The van der Waals surface area contributed by atoms with Crippen LogP contribution in [0.25, 0.3) is 0 Å². The number of hydrogen-bond donors (Lipinski definition) is 1. The maximum atomic E-state index is 12.1. The fourth-order valence-electron chi connectivity index (χ4n) is 1.48. The van der Waals surface area contributed by atoms with E-state index in [1.54, 1.807) is 24.3 Å². The smallest absolute Gasteiger partial charge is 0.399 e. The Hall–Kier alpha value is -1.72. The Labute approximate surface area is 103 Å². The fourth-order valence-corrected chi connectivity index (χ4v) is 1.48. The predicted octanol–water partition coefficient (Wildman–Crippen LogP) is 2.22. The summed E-state index contributed by atoms with van der Waals surface area (Å²) in [5, 5.41) is 0. The zero-order chi connectivity index (χ0) is 13.8. The van der Waals surface area contributed by atoms with Gasteiger partial charge < -0.3 is 10.6 Å². The molecule has 0 aliphatic carbocycles. The van der Waals surface area contributed by atoms with Crippen LogP contribution in [0.3, 0.4) is 0 Å². The van der Waals surface area contributed by atoms with Gasteiger partial charge in [-0.3, -0.25) is 4.79 Å². The molecule has 1 aromatic carbocycles. The van der Waals surface area contributed by atoms with E-state index in [2.05, 4.69) is 0 Å². The van der Waals surface area contributed by atoms with Crippen molar-refractivity contribution in [3.05, 3.63) is 29.8 Å². The van der Waals surface area contributed by atoms with Crippen molar-refractivity contribution in [2.75, 3.05) is 19.3 Å². The second-order valence-corrected chi connectivity index (χ2v) is 4.11. The van der Waals surface area contributed by atoms with Crippen LogP contribution < -0.4 is 5.73 Å². The summed E-state index contributed by atoms with van der Waals surface area (Å²) in [6.45, 7) is -1.21. The maximum Gasteiger partial charge on any atom is 0.406 e. The third-order valence-electron chi connectivity index (χ3n) is 2.45. The van der Waals surface area contributed by atoms with Gasteiger partial charge in [-0.15, -0.1) is 0 Å². The van der Waals surface area contributed by atoms with Gasteiger partial charge in [0, 0.05) is 19.2 Å². The number of hydrogen-bond acceptors (Lipinski definition) is 2. The molecule has 3 nitrogen and oxygen atoms in total. The van der Waals surface area contributed by atoms with Crippen molar-refractivity contribution in [2.45, 2.75) is 19.0 Å². The topological polar surface area (TPSA) is 46.3 Å². The Morgan fingerprint density at radius 3 is 2.33 bits per heavy atom. The SMILES string of the molecule is CN(CC(F)(F)F)C(=O)CCc1ccc(N)cc1. The van der Waals surface area contributed by atoms with Crippen molar-refractivity contribution in [3.63, 3.8) is 0 Å². The first kappa shape index (κ1) is 14.3. The van der Waals surface area contributed by atoms with E-state index in [-0.39, 0.29) is 6.42 Å².